The van der Waals surface area contributed by atoms with Crippen LogP contribution in [0.1, 0.15) is 27.2 Å². The van der Waals surface area contributed by atoms with E-state index in [0.717, 1.165) is 0 Å². The minimum atomic E-state index is -1.47. The molecule has 4 nitrogen and oxygen atoms in total. The van der Waals surface area contributed by atoms with Gasteiger partial charge >= 0.3 is 0 Å². The number of ether oxygens (including phenoxy) is 3. The lowest BCUT2D eigenvalue weighted by molar-refractivity contribution is -0.228. The lowest BCUT2D eigenvalue weighted by Crippen LogP contribution is -2.43. The first-order chi connectivity index (χ1) is 6.94. The Hall–Kier alpha value is -0.520. The molecule has 86 valence electrons. The van der Waals surface area contributed by atoms with E-state index in [9.17, 15) is 9.18 Å². The highest BCUT2D eigenvalue weighted by Crippen LogP contribution is 2.44. The van der Waals surface area contributed by atoms with E-state index in [1.54, 1.807) is 20.8 Å². The van der Waals surface area contributed by atoms with E-state index in [4.69, 9.17) is 14.2 Å². The number of hydrogen-bond acceptors (Lipinski definition) is 4. The number of fused-ring (bicyclic) bond motifs is 1. The first-order valence-electron chi connectivity index (χ1n) is 5.08. The van der Waals surface area contributed by atoms with Crippen molar-refractivity contribution < 1.29 is 23.4 Å². The van der Waals surface area contributed by atoms with Crippen molar-refractivity contribution in [1.29, 1.82) is 0 Å². The van der Waals surface area contributed by atoms with Crippen LogP contribution in [-0.4, -0.2) is 36.2 Å². The Morgan fingerprint density at radius 3 is 2.47 bits per heavy atom. The molecule has 2 heterocycles. The van der Waals surface area contributed by atoms with E-state index in [1.165, 1.54) is 0 Å². The van der Waals surface area contributed by atoms with Crippen LogP contribution in [0.25, 0.3) is 0 Å². The predicted octanol–water partition coefficient (Wildman–Crippen LogP) is 1.18. The maximum atomic E-state index is 14.0. The molecular formula is C10H15FO4. The number of carbonyl (C=O) groups is 1. The molecule has 0 radical (unpaired) electrons. The van der Waals surface area contributed by atoms with Gasteiger partial charge in [0.05, 0.1) is 0 Å². The van der Waals surface area contributed by atoms with Gasteiger partial charge in [0.15, 0.2) is 30.1 Å². The Bertz CT molecular complexity index is 281. The summed E-state index contributed by atoms with van der Waals surface area (Å²) in [5.74, 6) is -0.845. The van der Waals surface area contributed by atoms with Gasteiger partial charge in [-0.25, -0.2) is 4.39 Å². The van der Waals surface area contributed by atoms with Gasteiger partial charge in [-0.2, -0.15) is 0 Å². The van der Waals surface area contributed by atoms with Crippen molar-refractivity contribution in [3.63, 3.8) is 0 Å². The van der Waals surface area contributed by atoms with E-state index >= 15 is 0 Å². The van der Waals surface area contributed by atoms with Crippen molar-refractivity contribution in [2.45, 2.75) is 57.1 Å². The molecule has 2 aliphatic rings. The SMILES string of the molecule is CC[C@@]1(C=O)O[C@@H]2OC(C)(C)O[C@@H]2[C@@H]1F. The summed E-state index contributed by atoms with van der Waals surface area (Å²) in [5, 5.41) is 0. The van der Waals surface area contributed by atoms with Gasteiger partial charge in [-0.05, 0) is 20.3 Å². The van der Waals surface area contributed by atoms with Crippen LogP contribution >= 0.6 is 0 Å². The standard InChI is InChI=1S/C10H15FO4/c1-4-10(5-12)7(11)6-8(15-10)14-9(2,3)13-6/h5-8H,4H2,1-3H3/t6-,7+,8+,10+/m1/s1. The minimum absolute atomic E-state index is 0.276. The highest BCUT2D eigenvalue weighted by atomic mass is 19.1. The van der Waals surface area contributed by atoms with Gasteiger partial charge in [0.2, 0.25) is 0 Å². The smallest absolute Gasteiger partial charge is 0.191 e. The van der Waals surface area contributed by atoms with E-state index in [1.807, 2.05) is 0 Å². The summed E-state index contributed by atoms with van der Waals surface area (Å²) in [4.78, 5) is 10.9. The number of rotatable bonds is 2. The predicted molar refractivity (Wildman–Crippen MR) is 48.9 cm³/mol. The Morgan fingerprint density at radius 2 is 2.00 bits per heavy atom. The quantitative estimate of drug-likeness (QED) is 0.653. The Kier molecular flexibility index (Phi) is 2.37. The molecule has 15 heavy (non-hydrogen) atoms. The lowest BCUT2D eigenvalue weighted by Gasteiger charge is -2.27. The van der Waals surface area contributed by atoms with Crippen molar-refractivity contribution in [2.75, 3.05) is 0 Å². The molecule has 2 rings (SSSR count). The summed E-state index contributed by atoms with van der Waals surface area (Å²) >= 11 is 0. The van der Waals surface area contributed by atoms with Gasteiger partial charge in [0, 0.05) is 0 Å². The molecular weight excluding hydrogens is 203 g/mol. The van der Waals surface area contributed by atoms with Gasteiger partial charge in [-0.1, -0.05) is 6.92 Å². The fourth-order valence-electron chi connectivity index (χ4n) is 2.06. The number of carbonyl (C=O) groups excluding carboxylic acids is 1. The topological polar surface area (TPSA) is 44.8 Å². The molecule has 0 aromatic carbocycles. The molecule has 0 saturated carbocycles. The average Bonchev–Trinajstić information content (AvgIpc) is 2.59. The third-order valence-electron chi connectivity index (χ3n) is 2.93. The molecule has 0 aromatic rings. The van der Waals surface area contributed by atoms with Crippen LogP contribution in [0.2, 0.25) is 0 Å². The molecule has 5 heteroatoms. The molecule has 2 fully saturated rings. The van der Waals surface area contributed by atoms with Crippen LogP contribution in [0, 0.1) is 0 Å². The summed E-state index contributed by atoms with van der Waals surface area (Å²) in [7, 11) is 0. The Labute approximate surface area is 87.7 Å². The van der Waals surface area contributed by atoms with Crippen LogP contribution in [-0.2, 0) is 19.0 Å². The highest BCUT2D eigenvalue weighted by molar-refractivity contribution is 5.64. The zero-order chi connectivity index (χ0) is 11.3. The van der Waals surface area contributed by atoms with E-state index < -0.39 is 30.0 Å². The van der Waals surface area contributed by atoms with Crippen LogP contribution in [0.5, 0.6) is 0 Å². The van der Waals surface area contributed by atoms with Crippen molar-refractivity contribution in [1.82, 2.24) is 0 Å². The van der Waals surface area contributed by atoms with Crippen molar-refractivity contribution in [3.8, 4) is 0 Å². The fourth-order valence-corrected chi connectivity index (χ4v) is 2.06. The number of hydrogen-bond donors (Lipinski definition) is 0. The van der Waals surface area contributed by atoms with Crippen LogP contribution < -0.4 is 0 Å². The lowest BCUT2D eigenvalue weighted by atomic mass is 9.95. The second kappa shape index (κ2) is 3.23. The summed E-state index contributed by atoms with van der Waals surface area (Å²) in [6.45, 7) is 5.08. The van der Waals surface area contributed by atoms with Crippen molar-refractivity contribution in [2.24, 2.45) is 0 Å². The molecule has 4 atom stereocenters. The average molecular weight is 218 g/mol. The molecule has 2 saturated heterocycles. The molecule has 0 spiro atoms. The third kappa shape index (κ3) is 1.49. The summed E-state index contributed by atoms with van der Waals surface area (Å²) in [6, 6.07) is 0. The van der Waals surface area contributed by atoms with Gasteiger partial charge in [0.1, 0.15) is 6.10 Å². The van der Waals surface area contributed by atoms with Gasteiger partial charge in [-0.3, -0.25) is 0 Å². The zero-order valence-corrected chi connectivity index (χ0v) is 9.03. The Balaban J connectivity index is 2.21. The van der Waals surface area contributed by atoms with E-state index in [2.05, 4.69) is 0 Å². The number of alkyl halides is 1. The molecule has 0 amide bonds. The monoisotopic (exact) mass is 218 g/mol. The molecule has 0 unspecified atom stereocenters. The number of halogens is 1. The maximum Gasteiger partial charge on any atom is 0.191 e. The summed E-state index contributed by atoms with van der Waals surface area (Å²) in [6.07, 6.45) is -2.26. The molecule has 0 N–H and O–H groups in total. The molecule has 0 bridgehead atoms. The maximum absolute atomic E-state index is 14.0. The van der Waals surface area contributed by atoms with Crippen molar-refractivity contribution in [3.05, 3.63) is 0 Å². The highest BCUT2D eigenvalue weighted by Gasteiger charge is 2.62. The third-order valence-corrected chi connectivity index (χ3v) is 2.93. The largest absolute Gasteiger partial charge is 0.339 e. The van der Waals surface area contributed by atoms with Crippen LogP contribution in [0.3, 0.4) is 0 Å². The van der Waals surface area contributed by atoms with E-state index in [0.29, 0.717) is 6.29 Å². The van der Waals surface area contributed by atoms with Gasteiger partial charge in [0.25, 0.3) is 0 Å². The fraction of sp³-hybridized carbons (Fsp3) is 0.900. The second-order valence-corrected chi connectivity index (χ2v) is 4.41. The van der Waals surface area contributed by atoms with Crippen LogP contribution in [0.15, 0.2) is 0 Å². The van der Waals surface area contributed by atoms with E-state index in [-0.39, 0.29) is 6.42 Å². The van der Waals surface area contributed by atoms with Crippen molar-refractivity contribution >= 4 is 6.29 Å². The summed E-state index contributed by atoms with van der Waals surface area (Å²) in [5.41, 5.74) is -1.40. The number of aldehydes is 1. The first kappa shape index (κ1) is 11.0. The Morgan fingerprint density at radius 1 is 1.33 bits per heavy atom. The van der Waals surface area contributed by atoms with Gasteiger partial charge in [-0.15, -0.1) is 0 Å². The van der Waals surface area contributed by atoms with Crippen LogP contribution in [0.4, 0.5) is 4.39 Å². The second-order valence-electron chi connectivity index (χ2n) is 4.41. The molecule has 0 aromatic heterocycles. The molecule has 0 aliphatic carbocycles. The first-order valence-corrected chi connectivity index (χ1v) is 5.08. The minimum Gasteiger partial charge on any atom is -0.339 e. The normalized spacial score (nSPS) is 47.9. The summed E-state index contributed by atoms with van der Waals surface area (Å²) < 4.78 is 30.0. The molecule has 2 aliphatic heterocycles. The van der Waals surface area contributed by atoms with Gasteiger partial charge < -0.3 is 19.0 Å². The zero-order valence-electron chi connectivity index (χ0n) is 9.03.